The quantitative estimate of drug-likeness (QED) is 0.708. The molecule has 6 heteroatoms. The normalized spacial score (nSPS) is 10.9. The number of aromatic nitrogens is 3. The summed E-state index contributed by atoms with van der Waals surface area (Å²) in [6.07, 6.45) is 0. The number of imidazole rings is 1. The van der Waals surface area contributed by atoms with Gasteiger partial charge in [0.05, 0.1) is 5.52 Å². The van der Waals surface area contributed by atoms with Crippen LogP contribution < -0.4 is 10.6 Å². The molecule has 20 heavy (non-hydrogen) atoms. The molecule has 0 atom stereocenters. The van der Waals surface area contributed by atoms with E-state index in [1.165, 1.54) is 0 Å². The fourth-order valence-corrected chi connectivity index (χ4v) is 2.53. The van der Waals surface area contributed by atoms with E-state index in [0.717, 1.165) is 27.2 Å². The summed E-state index contributed by atoms with van der Waals surface area (Å²) in [5.74, 6) is 1.64. The molecule has 2 aromatic heterocycles. The van der Waals surface area contributed by atoms with Gasteiger partial charge in [-0.3, -0.25) is 0 Å². The van der Waals surface area contributed by atoms with E-state index in [2.05, 4.69) is 30.9 Å². The Morgan fingerprint density at radius 3 is 2.65 bits per heavy atom. The van der Waals surface area contributed by atoms with Crippen LogP contribution in [0.4, 0.5) is 11.5 Å². The molecule has 5 nitrogen and oxygen atoms in total. The summed E-state index contributed by atoms with van der Waals surface area (Å²) in [4.78, 5) is 14.3. The molecule has 102 valence electrons. The van der Waals surface area contributed by atoms with Crippen LogP contribution in [0.1, 0.15) is 0 Å². The number of anilines is 2. The van der Waals surface area contributed by atoms with Crippen LogP contribution in [0.25, 0.3) is 22.6 Å². The van der Waals surface area contributed by atoms with Crippen molar-refractivity contribution in [1.82, 2.24) is 15.0 Å². The molecule has 0 amide bonds. The molecule has 0 radical (unpaired) electrons. The molecule has 0 unspecified atom stereocenters. The van der Waals surface area contributed by atoms with Gasteiger partial charge in [0.1, 0.15) is 11.6 Å². The molecular formula is C14H14BrN5. The highest BCUT2D eigenvalue weighted by Crippen LogP contribution is 2.26. The Balaban J connectivity index is 2.12. The smallest absolute Gasteiger partial charge is 0.180 e. The first kappa shape index (κ1) is 12.9. The second-order valence-electron chi connectivity index (χ2n) is 4.79. The van der Waals surface area contributed by atoms with E-state index in [9.17, 15) is 0 Å². The number of nitrogens with one attached hydrogen (secondary N) is 1. The SMILES string of the molecule is CN(C)c1ccc2[nH]c(-c3cc(N)cc(Br)c3)nc2n1. The number of halogens is 1. The molecule has 0 aliphatic carbocycles. The van der Waals surface area contributed by atoms with Gasteiger partial charge in [-0.05, 0) is 30.3 Å². The third-order valence-electron chi connectivity index (χ3n) is 2.98. The minimum Gasteiger partial charge on any atom is -0.399 e. The minimum atomic E-state index is 0.691. The predicted octanol–water partition coefficient (Wildman–Crippen LogP) is 3.04. The summed E-state index contributed by atoms with van der Waals surface area (Å²) in [6, 6.07) is 9.65. The number of nitrogens with two attached hydrogens (primary N) is 1. The number of nitrogen functional groups attached to an aromatic ring is 1. The van der Waals surface area contributed by atoms with E-state index >= 15 is 0 Å². The third-order valence-corrected chi connectivity index (χ3v) is 3.44. The fraction of sp³-hybridized carbons (Fsp3) is 0.143. The van der Waals surface area contributed by atoms with E-state index in [-0.39, 0.29) is 0 Å². The monoisotopic (exact) mass is 331 g/mol. The fourth-order valence-electron chi connectivity index (χ4n) is 2.02. The largest absolute Gasteiger partial charge is 0.399 e. The summed E-state index contributed by atoms with van der Waals surface area (Å²) in [7, 11) is 3.91. The van der Waals surface area contributed by atoms with Crippen molar-refractivity contribution in [1.29, 1.82) is 0 Å². The van der Waals surface area contributed by atoms with Crippen molar-refractivity contribution in [3.8, 4) is 11.4 Å². The zero-order valence-corrected chi connectivity index (χ0v) is 12.8. The molecular weight excluding hydrogens is 318 g/mol. The number of rotatable bonds is 2. The van der Waals surface area contributed by atoms with E-state index < -0.39 is 0 Å². The maximum absolute atomic E-state index is 5.86. The van der Waals surface area contributed by atoms with Gasteiger partial charge >= 0.3 is 0 Å². The zero-order chi connectivity index (χ0) is 14.3. The first-order valence-electron chi connectivity index (χ1n) is 6.13. The van der Waals surface area contributed by atoms with Crippen molar-refractivity contribution in [2.75, 3.05) is 24.7 Å². The Hall–Kier alpha value is -2.08. The summed E-state index contributed by atoms with van der Waals surface area (Å²) in [5, 5.41) is 0. The van der Waals surface area contributed by atoms with Crippen LogP contribution in [-0.4, -0.2) is 29.0 Å². The molecule has 3 N–H and O–H groups in total. The summed E-state index contributed by atoms with van der Waals surface area (Å²) in [6.45, 7) is 0. The average molecular weight is 332 g/mol. The zero-order valence-electron chi connectivity index (χ0n) is 11.2. The number of benzene rings is 1. The van der Waals surface area contributed by atoms with Crippen LogP contribution >= 0.6 is 15.9 Å². The van der Waals surface area contributed by atoms with E-state index in [1.807, 2.05) is 49.3 Å². The second-order valence-corrected chi connectivity index (χ2v) is 5.71. The molecule has 0 fully saturated rings. The lowest BCUT2D eigenvalue weighted by atomic mass is 10.2. The maximum atomic E-state index is 5.86. The van der Waals surface area contributed by atoms with Gasteiger partial charge in [-0.15, -0.1) is 0 Å². The number of nitrogens with zero attached hydrogens (tertiary/aromatic N) is 3. The lowest BCUT2D eigenvalue weighted by Gasteiger charge is -2.09. The Bertz CT molecular complexity index is 758. The molecule has 2 heterocycles. The van der Waals surface area contributed by atoms with Crippen molar-refractivity contribution in [3.63, 3.8) is 0 Å². The Morgan fingerprint density at radius 2 is 1.95 bits per heavy atom. The van der Waals surface area contributed by atoms with E-state index in [4.69, 9.17) is 5.73 Å². The Morgan fingerprint density at radius 1 is 1.15 bits per heavy atom. The predicted molar refractivity (Wildman–Crippen MR) is 85.8 cm³/mol. The topological polar surface area (TPSA) is 70.8 Å². The molecule has 3 rings (SSSR count). The van der Waals surface area contributed by atoms with Gasteiger partial charge in [-0.25, -0.2) is 9.97 Å². The molecule has 1 aromatic carbocycles. The van der Waals surface area contributed by atoms with E-state index in [1.54, 1.807) is 0 Å². The molecule has 0 bridgehead atoms. The standard InChI is InChI=1S/C14H14BrN5/c1-20(2)12-4-3-11-14(18-12)19-13(17-11)8-5-9(15)7-10(16)6-8/h3-7H,16H2,1-2H3,(H,17,18,19). The second kappa shape index (κ2) is 4.79. The van der Waals surface area contributed by atoms with Crippen LogP contribution in [-0.2, 0) is 0 Å². The highest BCUT2D eigenvalue weighted by molar-refractivity contribution is 9.10. The number of hydrogen-bond acceptors (Lipinski definition) is 4. The van der Waals surface area contributed by atoms with Crippen molar-refractivity contribution in [2.45, 2.75) is 0 Å². The maximum Gasteiger partial charge on any atom is 0.180 e. The molecule has 0 aliphatic heterocycles. The molecule has 0 saturated heterocycles. The van der Waals surface area contributed by atoms with Crippen molar-refractivity contribution < 1.29 is 0 Å². The van der Waals surface area contributed by atoms with Gasteiger partial charge < -0.3 is 15.6 Å². The molecule has 0 aliphatic rings. The third kappa shape index (κ3) is 2.34. The highest BCUT2D eigenvalue weighted by atomic mass is 79.9. The van der Waals surface area contributed by atoms with Crippen molar-refractivity contribution in [2.24, 2.45) is 0 Å². The van der Waals surface area contributed by atoms with Crippen molar-refractivity contribution in [3.05, 3.63) is 34.8 Å². The summed E-state index contributed by atoms with van der Waals surface area (Å²) in [5.41, 5.74) is 9.09. The minimum absolute atomic E-state index is 0.691. The van der Waals surface area contributed by atoms with Gasteiger partial charge in [0.2, 0.25) is 0 Å². The summed E-state index contributed by atoms with van der Waals surface area (Å²) < 4.78 is 0.926. The molecule has 3 aromatic rings. The Kier molecular flexibility index (Phi) is 3.10. The average Bonchev–Trinajstić information content (AvgIpc) is 2.80. The Labute approximate surface area is 125 Å². The van der Waals surface area contributed by atoms with Gasteiger partial charge in [-0.1, -0.05) is 15.9 Å². The van der Waals surface area contributed by atoms with Crippen LogP contribution in [0.2, 0.25) is 0 Å². The first-order chi connectivity index (χ1) is 9.52. The number of aromatic amines is 1. The lowest BCUT2D eigenvalue weighted by molar-refractivity contribution is 1.08. The van der Waals surface area contributed by atoms with Gasteiger partial charge in [-0.2, -0.15) is 0 Å². The first-order valence-corrected chi connectivity index (χ1v) is 6.93. The number of fused-ring (bicyclic) bond motifs is 1. The highest BCUT2D eigenvalue weighted by Gasteiger charge is 2.09. The summed E-state index contributed by atoms with van der Waals surface area (Å²) >= 11 is 3.44. The number of hydrogen-bond donors (Lipinski definition) is 2. The number of pyridine rings is 1. The van der Waals surface area contributed by atoms with Crippen LogP contribution in [0.3, 0.4) is 0 Å². The molecule has 0 saturated carbocycles. The van der Waals surface area contributed by atoms with Crippen LogP contribution in [0.15, 0.2) is 34.8 Å². The molecule has 0 spiro atoms. The lowest BCUT2D eigenvalue weighted by Crippen LogP contribution is -2.10. The van der Waals surface area contributed by atoms with Gasteiger partial charge in [0.25, 0.3) is 0 Å². The van der Waals surface area contributed by atoms with Crippen LogP contribution in [0, 0.1) is 0 Å². The number of H-pyrrole nitrogens is 1. The van der Waals surface area contributed by atoms with Crippen LogP contribution in [0.5, 0.6) is 0 Å². The van der Waals surface area contributed by atoms with E-state index in [0.29, 0.717) is 11.3 Å². The van der Waals surface area contributed by atoms with Gasteiger partial charge in [0, 0.05) is 29.8 Å². The van der Waals surface area contributed by atoms with Crippen molar-refractivity contribution >= 4 is 38.6 Å². The van der Waals surface area contributed by atoms with Gasteiger partial charge in [0.15, 0.2) is 5.65 Å².